The van der Waals surface area contributed by atoms with E-state index in [1.165, 1.54) is 6.07 Å². The summed E-state index contributed by atoms with van der Waals surface area (Å²) in [4.78, 5) is 0. The molecule has 2 aromatic rings. The molecule has 0 aliphatic carbocycles. The average molecular weight is 360 g/mol. The van der Waals surface area contributed by atoms with Crippen molar-refractivity contribution in [3.05, 3.63) is 51.2 Å². The standard InChI is InChI=1S/C12H9Br2FN2/c13-7-4-5-8(14)11(6-7)17-10-3-1-2-9(15)12(10)16/h1-6,17H,16H2. The molecule has 2 aromatic carbocycles. The lowest BCUT2D eigenvalue weighted by Crippen LogP contribution is -1.99. The molecule has 0 unspecified atom stereocenters. The second-order valence-electron chi connectivity index (χ2n) is 3.45. The highest BCUT2D eigenvalue weighted by atomic mass is 79.9. The van der Waals surface area contributed by atoms with E-state index in [1.54, 1.807) is 12.1 Å². The van der Waals surface area contributed by atoms with Crippen LogP contribution in [0, 0.1) is 5.82 Å². The number of rotatable bonds is 2. The van der Waals surface area contributed by atoms with Crippen LogP contribution < -0.4 is 11.1 Å². The third-order valence-corrected chi connectivity index (χ3v) is 3.44. The van der Waals surface area contributed by atoms with Gasteiger partial charge in [-0.25, -0.2) is 4.39 Å². The van der Waals surface area contributed by atoms with Gasteiger partial charge >= 0.3 is 0 Å². The van der Waals surface area contributed by atoms with E-state index in [2.05, 4.69) is 37.2 Å². The lowest BCUT2D eigenvalue weighted by molar-refractivity contribution is 0.633. The molecule has 0 aliphatic heterocycles. The molecule has 17 heavy (non-hydrogen) atoms. The Bertz CT molecular complexity index is 558. The van der Waals surface area contributed by atoms with Crippen LogP contribution in [-0.2, 0) is 0 Å². The third-order valence-electron chi connectivity index (χ3n) is 2.25. The van der Waals surface area contributed by atoms with Gasteiger partial charge in [0, 0.05) is 8.95 Å². The van der Waals surface area contributed by atoms with Gasteiger partial charge in [-0.15, -0.1) is 0 Å². The Morgan fingerprint density at radius 2 is 1.82 bits per heavy atom. The van der Waals surface area contributed by atoms with Gasteiger partial charge in [0.25, 0.3) is 0 Å². The van der Waals surface area contributed by atoms with Crippen molar-refractivity contribution in [2.75, 3.05) is 11.1 Å². The summed E-state index contributed by atoms with van der Waals surface area (Å²) >= 11 is 6.79. The molecule has 2 nitrogen and oxygen atoms in total. The highest BCUT2D eigenvalue weighted by Crippen LogP contribution is 2.31. The van der Waals surface area contributed by atoms with Crippen LogP contribution in [0.25, 0.3) is 0 Å². The monoisotopic (exact) mass is 358 g/mol. The number of halogens is 3. The van der Waals surface area contributed by atoms with E-state index in [1.807, 2.05) is 18.2 Å². The molecule has 0 heterocycles. The van der Waals surface area contributed by atoms with Gasteiger partial charge in [-0.3, -0.25) is 0 Å². The van der Waals surface area contributed by atoms with Gasteiger partial charge in [0.1, 0.15) is 5.82 Å². The number of benzene rings is 2. The quantitative estimate of drug-likeness (QED) is 0.764. The minimum atomic E-state index is -0.430. The van der Waals surface area contributed by atoms with Crippen molar-refractivity contribution < 1.29 is 4.39 Å². The van der Waals surface area contributed by atoms with Gasteiger partial charge in [0.2, 0.25) is 0 Å². The van der Waals surface area contributed by atoms with Crippen LogP contribution in [0.15, 0.2) is 45.3 Å². The van der Waals surface area contributed by atoms with Gasteiger partial charge in [0.05, 0.1) is 17.1 Å². The van der Waals surface area contributed by atoms with Crippen molar-refractivity contribution in [1.82, 2.24) is 0 Å². The highest BCUT2D eigenvalue weighted by molar-refractivity contribution is 9.11. The molecule has 88 valence electrons. The smallest absolute Gasteiger partial charge is 0.148 e. The maximum atomic E-state index is 13.3. The molecule has 0 saturated heterocycles. The van der Waals surface area contributed by atoms with Crippen LogP contribution in [0.1, 0.15) is 0 Å². The Hall–Kier alpha value is -1.07. The van der Waals surface area contributed by atoms with E-state index in [0.29, 0.717) is 5.69 Å². The number of para-hydroxylation sites is 1. The van der Waals surface area contributed by atoms with E-state index in [0.717, 1.165) is 14.6 Å². The van der Waals surface area contributed by atoms with E-state index in [9.17, 15) is 4.39 Å². The molecule has 0 spiro atoms. The van der Waals surface area contributed by atoms with E-state index >= 15 is 0 Å². The number of nitrogen functional groups attached to an aromatic ring is 1. The number of hydrogen-bond acceptors (Lipinski definition) is 2. The molecule has 0 aliphatic rings. The van der Waals surface area contributed by atoms with Crippen LogP contribution in [0.4, 0.5) is 21.5 Å². The van der Waals surface area contributed by atoms with E-state index < -0.39 is 5.82 Å². The van der Waals surface area contributed by atoms with Gasteiger partial charge < -0.3 is 11.1 Å². The largest absolute Gasteiger partial charge is 0.395 e. The molecular weight excluding hydrogens is 351 g/mol. The Labute approximate surface area is 115 Å². The van der Waals surface area contributed by atoms with Crippen molar-refractivity contribution in [3.8, 4) is 0 Å². The maximum Gasteiger partial charge on any atom is 0.148 e. The molecular formula is C12H9Br2FN2. The zero-order chi connectivity index (χ0) is 12.4. The van der Waals surface area contributed by atoms with Crippen LogP contribution in [0.2, 0.25) is 0 Å². The first-order chi connectivity index (χ1) is 8.08. The van der Waals surface area contributed by atoms with E-state index in [4.69, 9.17) is 5.73 Å². The van der Waals surface area contributed by atoms with Crippen LogP contribution in [0.3, 0.4) is 0 Å². The minimum absolute atomic E-state index is 0.111. The van der Waals surface area contributed by atoms with Crippen LogP contribution in [0.5, 0.6) is 0 Å². The van der Waals surface area contributed by atoms with Crippen molar-refractivity contribution in [2.45, 2.75) is 0 Å². The second-order valence-corrected chi connectivity index (χ2v) is 5.22. The van der Waals surface area contributed by atoms with Gasteiger partial charge in [-0.2, -0.15) is 0 Å². The average Bonchev–Trinajstić information content (AvgIpc) is 2.30. The lowest BCUT2D eigenvalue weighted by atomic mass is 10.2. The van der Waals surface area contributed by atoms with Crippen LogP contribution >= 0.6 is 31.9 Å². The minimum Gasteiger partial charge on any atom is -0.395 e. The summed E-state index contributed by atoms with van der Waals surface area (Å²) in [6.45, 7) is 0. The van der Waals surface area contributed by atoms with Gasteiger partial charge in [-0.05, 0) is 46.3 Å². The summed E-state index contributed by atoms with van der Waals surface area (Å²) in [6, 6.07) is 10.3. The van der Waals surface area contributed by atoms with Crippen molar-refractivity contribution in [3.63, 3.8) is 0 Å². The fourth-order valence-corrected chi connectivity index (χ4v) is 2.09. The molecule has 0 atom stereocenters. The van der Waals surface area contributed by atoms with Crippen molar-refractivity contribution in [1.29, 1.82) is 0 Å². The molecule has 0 aromatic heterocycles. The molecule has 0 saturated carbocycles. The molecule has 2 rings (SSSR count). The maximum absolute atomic E-state index is 13.3. The third kappa shape index (κ3) is 2.79. The molecule has 0 bridgehead atoms. The van der Waals surface area contributed by atoms with Gasteiger partial charge in [-0.1, -0.05) is 22.0 Å². The predicted octanol–water partition coefficient (Wildman–Crippen LogP) is 4.68. The molecule has 0 amide bonds. The topological polar surface area (TPSA) is 38.0 Å². The normalized spacial score (nSPS) is 10.3. The first kappa shape index (κ1) is 12.4. The second kappa shape index (κ2) is 5.06. The lowest BCUT2D eigenvalue weighted by Gasteiger charge is -2.11. The summed E-state index contributed by atoms with van der Waals surface area (Å²) in [5.41, 5.74) is 7.13. The SMILES string of the molecule is Nc1c(F)cccc1Nc1cc(Br)ccc1Br. The Kier molecular flexibility index (Phi) is 3.69. The Balaban J connectivity index is 2.38. The fourth-order valence-electron chi connectivity index (χ4n) is 1.38. The molecule has 0 radical (unpaired) electrons. The molecule has 0 fully saturated rings. The van der Waals surface area contributed by atoms with E-state index in [-0.39, 0.29) is 5.69 Å². The number of anilines is 3. The van der Waals surface area contributed by atoms with Crippen molar-refractivity contribution in [2.24, 2.45) is 0 Å². The summed E-state index contributed by atoms with van der Waals surface area (Å²) in [6.07, 6.45) is 0. The van der Waals surface area contributed by atoms with Gasteiger partial charge in [0.15, 0.2) is 0 Å². The summed E-state index contributed by atoms with van der Waals surface area (Å²) in [5.74, 6) is -0.430. The Morgan fingerprint density at radius 1 is 1.06 bits per heavy atom. The number of nitrogens with one attached hydrogen (secondary N) is 1. The Morgan fingerprint density at radius 3 is 2.59 bits per heavy atom. The number of nitrogens with two attached hydrogens (primary N) is 1. The highest BCUT2D eigenvalue weighted by Gasteiger charge is 2.06. The number of hydrogen-bond donors (Lipinski definition) is 2. The summed E-state index contributed by atoms with van der Waals surface area (Å²) < 4.78 is 15.1. The zero-order valence-electron chi connectivity index (χ0n) is 8.68. The van der Waals surface area contributed by atoms with Crippen LogP contribution in [-0.4, -0.2) is 0 Å². The summed E-state index contributed by atoms with van der Waals surface area (Å²) in [5, 5.41) is 3.08. The van der Waals surface area contributed by atoms with Crippen molar-refractivity contribution >= 4 is 48.9 Å². The first-order valence-electron chi connectivity index (χ1n) is 4.84. The zero-order valence-corrected chi connectivity index (χ0v) is 11.8. The first-order valence-corrected chi connectivity index (χ1v) is 6.42. The molecule has 3 N–H and O–H groups in total. The predicted molar refractivity (Wildman–Crippen MR) is 75.9 cm³/mol. The summed E-state index contributed by atoms with van der Waals surface area (Å²) in [7, 11) is 0. The fraction of sp³-hybridized carbons (Fsp3) is 0. The molecule has 5 heteroatoms.